The number of nitrogens with one attached hydrogen (secondary N) is 1. The van der Waals surface area contributed by atoms with E-state index in [4.69, 9.17) is 4.42 Å². The maximum absolute atomic E-state index is 13.2. The van der Waals surface area contributed by atoms with Gasteiger partial charge in [-0.25, -0.2) is 4.68 Å². The van der Waals surface area contributed by atoms with E-state index in [1.807, 2.05) is 22.9 Å². The largest absolute Gasteiger partial charge is 0.467 e. The van der Waals surface area contributed by atoms with Crippen LogP contribution in [0.2, 0.25) is 0 Å². The number of aromatic amines is 1. The molecule has 0 spiro atoms. The highest BCUT2D eigenvalue weighted by molar-refractivity contribution is 5.83. The van der Waals surface area contributed by atoms with Crippen molar-refractivity contribution < 1.29 is 4.42 Å². The summed E-state index contributed by atoms with van der Waals surface area (Å²) in [5.41, 5.74) is 3.99. The van der Waals surface area contributed by atoms with Crippen LogP contribution in [0, 0.1) is 13.8 Å². The first-order valence-corrected chi connectivity index (χ1v) is 12.7. The first kappa shape index (κ1) is 23.5. The summed E-state index contributed by atoms with van der Waals surface area (Å²) in [4.78, 5) is 18.8. The summed E-state index contributed by atoms with van der Waals surface area (Å²) in [6.45, 7) is 7.38. The second kappa shape index (κ2) is 10.2. The molecule has 0 amide bonds. The zero-order valence-electron chi connectivity index (χ0n) is 20.8. The number of furan rings is 1. The normalized spacial score (nSPS) is 15.8. The Hall–Kier alpha value is -3.26. The zero-order chi connectivity index (χ0) is 24.4. The maximum Gasteiger partial charge on any atom is 0.252 e. The van der Waals surface area contributed by atoms with E-state index >= 15 is 0 Å². The highest BCUT2D eigenvalue weighted by Crippen LogP contribution is 2.33. The molecule has 1 aliphatic carbocycles. The van der Waals surface area contributed by atoms with Gasteiger partial charge in [-0.3, -0.25) is 9.69 Å². The van der Waals surface area contributed by atoms with Crippen LogP contribution in [0.25, 0.3) is 10.9 Å². The van der Waals surface area contributed by atoms with Crippen LogP contribution in [-0.2, 0) is 13.1 Å². The van der Waals surface area contributed by atoms with E-state index in [9.17, 15) is 4.79 Å². The van der Waals surface area contributed by atoms with Gasteiger partial charge < -0.3 is 9.40 Å². The van der Waals surface area contributed by atoms with Crippen LogP contribution in [0.3, 0.4) is 0 Å². The second-order valence-corrected chi connectivity index (χ2v) is 9.83. The van der Waals surface area contributed by atoms with Crippen molar-refractivity contribution in [1.82, 2.24) is 30.1 Å². The minimum Gasteiger partial charge on any atom is -0.467 e. The van der Waals surface area contributed by atoms with E-state index in [1.54, 1.807) is 6.26 Å². The molecule has 0 saturated heterocycles. The van der Waals surface area contributed by atoms with Gasteiger partial charge in [-0.15, -0.1) is 5.10 Å². The van der Waals surface area contributed by atoms with E-state index in [1.165, 1.54) is 24.8 Å². The Labute approximate surface area is 205 Å². The summed E-state index contributed by atoms with van der Waals surface area (Å²) in [5.74, 6) is 1.63. The molecule has 1 fully saturated rings. The molecule has 1 aromatic carbocycles. The standard InChI is InChI=1S/C27H34N6O2/c1-4-25(26-29-30-31-33(26)17-22-11-8-12-35-22)32(21-9-6-5-7-10-21)16-20-15-23-19(3)13-18(2)14-24(23)28-27(20)34/h8,11-15,21,25H,4-7,9-10,16-17H2,1-3H3,(H,28,34). The fourth-order valence-electron chi connectivity index (χ4n) is 5.62. The fourth-order valence-corrected chi connectivity index (χ4v) is 5.62. The third-order valence-electron chi connectivity index (χ3n) is 7.32. The Morgan fingerprint density at radius 3 is 2.77 bits per heavy atom. The lowest BCUT2D eigenvalue weighted by Gasteiger charge is -2.39. The highest BCUT2D eigenvalue weighted by atomic mass is 16.3. The molecule has 184 valence electrons. The van der Waals surface area contributed by atoms with Crippen LogP contribution >= 0.6 is 0 Å². The van der Waals surface area contributed by atoms with Crippen molar-refractivity contribution in [2.24, 2.45) is 0 Å². The number of pyridine rings is 1. The first-order valence-electron chi connectivity index (χ1n) is 12.7. The lowest BCUT2D eigenvalue weighted by Crippen LogP contribution is -2.41. The Bertz CT molecular complexity index is 1330. The third kappa shape index (κ3) is 4.93. The van der Waals surface area contributed by atoms with Crippen molar-refractivity contribution in [2.75, 3.05) is 0 Å². The van der Waals surface area contributed by atoms with Gasteiger partial charge in [0.25, 0.3) is 5.56 Å². The van der Waals surface area contributed by atoms with E-state index in [-0.39, 0.29) is 11.6 Å². The van der Waals surface area contributed by atoms with Gasteiger partial charge in [0.2, 0.25) is 0 Å². The van der Waals surface area contributed by atoms with E-state index < -0.39 is 0 Å². The van der Waals surface area contributed by atoms with Crippen LogP contribution in [-0.4, -0.2) is 36.1 Å². The number of rotatable bonds is 8. The number of aryl methyl sites for hydroxylation is 2. The van der Waals surface area contributed by atoms with Gasteiger partial charge in [-0.2, -0.15) is 0 Å². The predicted molar refractivity (Wildman–Crippen MR) is 135 cm³/mol. The third-order valence-corrected chi connectivity index (χ3v) is 7.32. The molecule has 8 nitrogen and oxygen atoms in total. The van der Waals surface area contributed by atoms with Crippen molar-refractivity contribution in [3.63, 3.8) is 0 Å². The van der Waals surface area contributed by atoms with Crippen molar-refractivity contribution in [1.29, 1.82) is 0 Å². The van der Waals surface area contributed by atoms with Crippen molar-refractivity contribution >= 4 is 10.9 Å². The molecule has 0 aliphatic heterocycles. The quantitative estimate of drug-likeness (QED) is 0.384. The Balaban J connectivity index is 1.52. The number of hydrogen-bond donors (Lipinski definition) is 1. The Morgan fingerprint density at radius 1 is 1.20 bits per heavy atom. The SMILES string of the molecule is CCC(c1nnnn1Cc1ccco1)N(Cc1cc2c(C)cc(C)cc2[nH]c1=O)C1CCCCC1. The van der Waals surface area contributed by atoms with Crippen LogP contribution in [0.1, 0.15) is 79.8 Å². The van der Waals surface area contributed by atoms with Gasteiger partial charge in [0.05, 0.1) is 12.3 Å². The number of hydrogen-bond acceptors (Lipinski definition) is 6. The average molecular weight is 475 g/mol. The summed E-state index contributed by atoms with van der Waals surface area (Å²) >= 11 is 0. The monoisotopic (exact) mass is 474 g/mol. The van der Waals surface area contributed by atoms with Gasteiger partial charge >= 0.3 is 0 Å². The minimum atomic E-state index is -0.0201. The number of aromatic nitrogens is 5. The smallest absolute Gasteiger partial charge is 0.252 e. The van der Waals surface area contributed by atoms with E-state index in [2.05, 4.69) is 58.3 Å². The summed E-state index contributed by atoms with van der Waals surface area (Å²) in [6, 6.07) is 10.5. The second-order valence-electron chi connectivity index (χ2n) is 9.83. The van der Waals surface area contributed by atoms with Gasteiger partial charge in [0.1, 0.15) is 12.3 Å². The predicted octanol–water partition coefficient (Wildman–Crippen LogP) is 5.06. The number of H-pyrrole nitrogens is 1. The number of tetrazole rings is 1. The molecular weight excluding hydrogens is 440 g/mol. The molecule has 8 heteroatoms. The summed E-state index contributed by atoms with van der Waals surface area (Å²) in [5, 5.41) is 13.8. The first-order chi connectivity index (χ1) is 17.0. The Kier molecular flexibility index (Phi) is 6.81. The van der Waals surface area contributed by atoms with E-state index in [0.717, 1.165) is 52.9 Å². The molecule has 3 aromatic heterocycles. The average Bonchev–Trinajstić information content (AvgIpc) is 3.53. The fraction of sp³-hybridized carbons (Fsp3) is 0.481. The van der Waals surface area contributed by atoms with Gasteiger partial charge in [0, 0.05) is 29.1 Å². The topological polar surface area (TPSA) is 92.8 Å². The zero-order valence-corrected chi connectivity index (χ0v) is 20.8. The van der Waals surface area contributed by atoms with Gasteiger partial charge in [-0.1, -0.05) is 32.3 Å². The summed E-state index contributed by atoms with van der Waals surface area (Å²) in [7, 11) is 0. The van der Waals surface area contributed by atoms with Crippen LogP contribution < -0.4 is 5.56 Å². The number of fused-ring (bicyclic) bond motifs is 1. The molecule has 1 atom stereocenters. The molecule has 0 radical (unpaired) electrons. The van der Waals surface area contributed by atoms with E-state index in [0.29, 0.717) is 19.1 Å². The van der Waals surface area contributed by atoms with Crippen molar-refractivity contribution in [3.05, 3.63) is 75.2 Å². The summed E-state index contributed by atoms with van der Waals surface area (Å²) in [6.07, 6.45) is 8.45. The van der Waals surface area contributed by atoms with Gasteiger partial charge in [-0.05, 0) is 78.9 Å². The lowest BCUT2D eigenvalue weighted by molar-refractivity contribution is 0.0842. The van der Waals surface area contributed by atoms with Gasteiger partial charge in [0.15, 0.2) is 5.82 Å². The molecule has 1 N–H and O–H groups in total. The molecule has 35 heavy (non-hydrogen) atoms. The molecule has 4 aromatic rings. The number of nitrogens with zero attached hydrogens (tertiary/aromatic N) is 5. The molecule has 1 unspecified atom stereocenters. The molecule has 0 bridgehead atoms. The van der Waals surface area contributed by atoms with Crippen molar-refractivity contribution in [2.45, 2.75) is 84.5 Å². The molecule has 1 saturated carbocycles. The number of benzene rings is 1. The minimum absolute atomic E-state index is 0.00252. The van der Waals surface area contributed by atoms with Crippen LogP contribution in [0.4, 0.5) is 0 Å². The highest BCUT2D eigenvalue weighted by Gasteiger charge is 2.32. The molecular formula is C27H34N6O2. The molecule has 1 aliphatic rings. The maximum atomic E-state index is 13.2. The van der Waals surface area contributed by atoms with Crippen LogP contribution in [0.15, 0.2) is 45.8 Å². The lowest BCUT2D eigenvalue weighted by atomic mass is 9.92. The van der Waals surface area contributed by atoms with Crippen molar-refractivity contribution in [3.8, 4) is 0 Å². The molecule has 5 rings (SSSR count). The van der Waals surface area contributed by atoms with Crippen LogP contribution in [0.5, 0.6) is 0 Å². The Morgan fingerprint density at radius 2 is 2.03 bits per heavy atom. The molecule has 3 heterocycles. The summed E-state index contributed by atoms with van der Waals surface area (Å²) < 4.78 is 7.38.